The highest BCUT2D eigenvalue weighted by molar-refractivity contribution is 5.77. The number of piperazine rings is 1. The van der Waals surface area contributed by atoms with E-state index in [1.807, 2.05) is 0 Å². The van der Waals surface area contributed by atoms with E-state index in [1.165, 1.54) is 43.4 Å². The molecule has 1 aromatic rings. The van der Waals surface area contributed by atoms with E-state index in [9.17, 15) is 0 Å². The number of allylic oxidation sites excluding steroid dienone is 2. The quantitative estimate of drug-likeness (QED) is 0.872. The molecule has 1 saturated heterocycles. The second-order valence-electron chi connectivity index (χ2n) is 5.58. The van der Waals surface area contributed by atoms with Crippen LogP contribution < -0.4 is 10.2 Å². The summed E-state index contributed by atoms with van der Waals surface area (Å²) in [5.41, 5.74) is 4.50. The van der Waals surface area contributed by atoms with E-state index < -0.39 is 0 Å². The van der Waals surface area contributed by atoms with Gasteiger partial charge in [0.25, 0.3) is 0 Å². The Hall–Kier alpha value is -1.28. The molecule has 0 spiro atoms. The van der Waals surface area contributed by atoms with Crippen LogP contribution in [-0.4, -0.2) is 26.2 Å². The van der Waals surface area contributed by atoms with Gasteiger partial charge in [-0.15, -0.1) is 0 Å². The topological polar surface area (TPSA) is 15.3 Å². The van der Waals surface area contributed by atoms with Gasteiger partial charge in [-0.05, 0) is 37.3 Å². The molecule has 1 heterocycles. The monoisotopic (exact) mass is 256 g/mol. The maximum atomic E-state index is 3.44. The summed E-state index contributed by atoms with van der Waals surface area (Å²) in [6, 6.07) is 8.98. The molecule has 0 atom stereocenters. The van der Waals surface area contributed by atoms with Crippen molar-refractivity contribution in [3.05, 3.63) is 35.9 Å². The highest BCUT2D eigenvalue weighted by Gasteiger charge is 2.16. The van der Waals surface area contributed by atoms with E-state index in [1.54, 1.807) is 5.57 Å². The van der Waals surface area contributed by atoms with E-state index in [2.05, 4.69) is 40.6 Å². The van der Waals surface area contributed by atoms with Crippen molar-refractivity contribution in [2.24, 2.45) is 0 Å². The highest BCUT2D eigenvalue weighted by Crippen LogP contribution is 2.32. The van der Waals surface area contributed by atoms with Gasteiger partial charge in [0.05, 0.1) is 0 Å². The van der Waals surface area contributed by atoms with Crippen molar-refractivity contribution < 1.29 is 0 Å². The lowest BCUT2D eigenvalue weighted by molar-refractivity contribution is 0.589. The van der Waals surface area contributed by atoms with Crippen LogP contribution in [0.3, 0.4) is 0 Å². The molecule has 1 N–H and O–H groups in total. The van der Waals surface area contributed by atoms with Crippen LogP contribution in [0, 0.1) is 0 Å². The largest absolute Gasteiger partial charge is 0.368 e. The Morgan fingerprint density at radius 1 is 0.947 bits per heavy atom. The SMILES string of the molecule is C1=C(c2ccccc2N2CCNCC2)CCCCC1. The first-order chi connectivity index (χ1) is 9.45. The number of rotatable bonds is 2. The van der Waals surface area contributed by atoms with Gasteiger partial charge >= 0.3 is 0 Å². The molecule has 0 unspecified atom stereocenters. The Kier molecular flexibility index (Phi) is 4.19. The van der Waals surface area contributed by atoms with Crippen molar-refractivity contribution in [2.45, 2.75) is 32.1 Å². The Labute approximate surface area is 116 Å². The standard InChI is InChI=1S/C17H24N2/c1-2-4-8-15(7-3-1)16-9-5-6-10-17(16)19-13-11-18-12-14-19/h5-7,9-10,18H,1-4,8,11-14H2. The fourth-order valence-electron chi connectivity index (χ4n) is 3.19. The van der Waals surface area contributed by atoms with E-state index in [0.29, 0.717) is 0 Å². The van der Waals surface area contributed by atoms with Crippen LogP contribution in [-0.2, 0) is 0 Å². The summed E-state index contributed by atoms with van der Waals surface area (Å²) in [6.45, 7) is 4.47. The molecule has 0 bridgehead atoms. The van der Waals surface area contributed by atoms with Gasteiger partial charge in [0, 0.05) is 37.4 Å². The van der Waals surface area contributed by atoms with Crippen molar-refractivity contribution in [1.29, 1.82) is 0 Å². The molecule has 19 heavy (non-hydrogen) atoms. The molecule has 1 aliphatic carbocycles. The first-order valence-electron chi connectivity index (χ1n) is 7.69. The molecular weight excluding hydrogens is 232 g/mol. The van der Waals surface area contributed by atoms with Crippen LogP contribution in [0.15, 0.2) is 30.3 Å². The van der Waals surface area contributed by atoms with Crippen molar-refractivity contribution in [2.75, 3.05) is 31.1 Å². The van der Waals surface area contributed by atoms with Gasteiger partial charge in [-0.2, -0.15) is 0 Å². The van der Waals surface area contributed by atoms with Crippen molar-refractivity contribution in [3.8, 4) is 0 Å². The molecular formula is C17H24N2. The van der Waals surface area contributed by atoms with Gasteiger partial charge in [0.15, 0.2) is 0 Å². The van der Waals surface area contributed by atoms with Gasteiger partial charge in [-0.25, -0.2) is 0 Å². The van der Waals surface area contributed by atoms with Crippen molar-refractivity contribution in [3.63, 3.8) is 0 Å². The minimum absolute atomic E-state index is 1.10. The molecule has 0 amide bonds. The summed E-state index contributed by atoms with van der Waals surface area (Å²) < 4.78 is 0. The number of hydrogen-bond donors (Lipinski definition) is 1. The third-order valence-corrected chi connectivity index (χ3v) is 4.25. The molecule has 0 aromatic heterocycles. The minimum Gasteiger partial charge on any atom is -0.368 e. The van der Waals surface area contributed by atoms with Crippen molar-refractivity contribution >= 4 is 11.3 Å². The van der Waals surface area contributed by atoms with Gasteiger partial charge in [-0.3, -0.25) is 0 Å². The average Bonchev–Trinajstić information content (AvgIpc) is 2.77. The zero-order chi connectivity index (χ0) is 12.9. The fourth-order valence-corrected chi connectivity index (χ4v) is 3.19. The number of nitrogens with one attached hydrogen (secondary N) is 1. The number of hydrogen-bond acceptors (Lipinski definition) is 2. The number of nitrogens with zero attached hydrogens (tertiary/aromatic N) is 1. The Morgan fingerprint density at radius 2 is 1.79 bits per heavy atom. The third-order valence-electron chi connectivity index (χ3n) is 4.25. The van der Waals surface area contributed by atoms with Crippen LogP contribution in [0.2, 0.25) is 0 Å². The van der Waals surface area contributed by atoms with Crippen LogP contribution in [0.25, 0.3) is 5.57 Å². The molecule has 102 valence electrons. The lowest BCUT2D eigenvalue weighted by Gasteiger charge is -2.31. The summed E-state index contributed by atoms with van der Waals surface area (Å²) in [5, 5.41) is 3.44. The fraction of sp³-hybridized carbons (Fsp3) is 0.529. The predicted molar refractivity (Wildman–Crippen MR) is 82.6 cm³/mol. The van der Waals surface area contributed by atoms with E-state index in [0.717, 1.165) is 26.2 Å². The number of benzene rings is 1. The highest BCUT2D eigenvalue weighted by atomic mass is 15.2. The zero-order valence-corrected chi connectivity index (χ0v) is 11.7. The van der Waals surface area contributed by atoms with Gasteiger partial charge in [0.2, 0.25) is 0 Å². The molecule has 0 saturated carbocycles. The van der Waals surface area contributed by atoms with Crippen LogP contribution in [0.5, 0.6) is 0 Å². The minimum atomic E-state index is 1.10. The van der Waals surface area contributed by atoms with Gasteiger partial charge < -0.3 is 10.2 Å². The third kappa shape index (κ3) is 3.01. The van der Waals surface area contributed by atoms with E-state index in [4.69, 9.17) is 0 Å². The molecule has 2 heteroatoms. The summed E-state index contributed by atoms with van der Waals surface area (Å²) >= 11 is 0. The molecule has 0 radical (unpaired) electrons. The predicted octanol–water partition coefficient (Wildman–Crippen LogP) is 3.44. The lowest BCUT2D eigenvalue weighted by atomic mass is 9.98. The maximum absolute atomic E-state index is 3.44. The van der Waals surface area contributed by atoms with Crippen LogP contribution in [0.4, 0.5) is 5.69 Å². The molecule has 2 aliphatic rings. The normalized spacial score (nSPS) is 20.8. The first kappa shape index (κ1) is 12.7. The van der Waals surface area contributed by atoms with Gasteiger partial charge in [-0.1, -0.05) is 30.7 Å². The van der Waals surface area contributed by atoms with Gasteiger partial charge in [0.1, 0.15) is 0 Å². The average molecular weight is 256 g/mol. The van der Waals surface area contributed by atoms with E-state index in [-0.39, 0.29) is 0 Å². The Balaban J connectivity index is 1.89. The van der Waals surface area contributed by atoms with Crippen LogP contribution in [0.1, 0.15) is 37.7 Å². The van der Waals surface area contributed by atoms with Crippen LogP contribution >= 0.6 is 0 Å². The number of para-hydroxylation sites is 1. The molecule has 1 aromatic carbocycles. The summed E-state index contributed by atoms with van der Waals surface area (Å²) in [7, 11) is 0. The summed E-state index contributed by atoms with van der Waals surface area (Å²) in [5.74, 6) is 0. The second kappa shape index (κ2) is 6.25. The van der Waals surface area contributed by atoms with Crippen molar-refractivity contribution in [1.82, 2.24) is 5.32 Å². The van der Waals surface area contributed by atoms with E-state index >= 15 is 0 Å². The molecule has 2 nitrogen and oxygen atoms in total. The Bertz CT molecular complexity index is 444. The number of anilines is 1. The molecule has 1 aliphatic heterocycles. The zero-order valence-electron chi connectivity index (χ0n) is 11.7. The Morgan fingerprint density at radius 3 is 2.68 bits per heavy atom. The first-order valence-corrected chi connectivity index (χ1v) is 7.69. The molecule has 1 fully saturated rings. The summed E-state index contributed by atoms with van der Waals surface area (Å²) in [4.78, 5) is 2.54. The smallest absolute Gasteiger partial charge is 0.0443 e. The second-order valence-corrected chi connectivity index (χ2v) is 5.58. The summed E-state index contributed by atoms with van der Waals surface area (Å²) in [6.07, 6.45) is 9.08. The lowest BCUT2D eigenvalue weighted by Crippen LogP contribution is -2.43. The maximum Gasteiger partial charge on any atom is 0.0443 e. The molecule has 3 rings (SSSR count).